The molecule has 0 aromatic heterocycles. The first-order valence-electron chi connectivity index (χ1n) is 6.19. The summed E-state index contributed by atoms with van der Waals surface area (Å²) in [6, 6.07) is 5.78. The zero-order valence-corrected chi connectivity index (χ0v) is 12.3. The van der Waals surface area contributed by atoms with Crippen LogP contribution in [0, 0.1) is 5.41 Å². The summed E-state index contributed by atoms with van der Waals surface area (Å²) in [7, 11) is 0. The number of rotatable bonds is 3. The minimum absolute atomic E-state index is 0.297. The highest BCUT2D eigenvalue weighted by molar-refractivity contribution is 9.10. The van der Waals surface area contributed by atoms with Crippen LogP contribution in [0.15, 0.2) is 22.7 Å². The van der Waals surface area contributed by atoms with Crippen molar-refractivity contribution < 1.29 is 9.90 Å². The molecule has 0 bridgehead atoms. The molecule has 1 aromatic carbocycles. The monoisotopic (exact) mass is 311 g/mol. The molecule has 0 heterocycles. The van der Waals surface area contributed by atoms with Crippen LogP contribution in [0.1, 0.15) is 43.5 Å². The topological polar surface area (TPSA) is 49.3 Å². The van der Waals surface area contributed by atoms with Gasteiger partial charge in [0.2, 0.25) is 0 Å². The van der Waals surface area contributed by atoms with Gasteiger partial charge in [0.25, 0.3) is 0 Å². The Hall–Kier alpha value is -1.03. The van der Waals surface area contributed by atoms with E-state index >= 15 is 0 Å². The molecule has 1 saturated carbocycles. The van der Waals surface area contributed by atoms with Crippen LogP contribution in [0.25, 0.3) is 0 Å². The molecule has 2 rings (SSSR count). The molecule has 2 N–H and O–H groups in total. The van der Waals surface area contributed by atoms with E-state index in [1.165, 1.54) is 19.3 Å². The number of aromatic carboxylic acids is 1. The first kappa shape index (κ1) is 13.4. The van der Waals surface area contributed by atoms with Crippen molar-refractivity contribution in [3.05, 3.63) is 28.2 Å². The molecule has 3 nitrogen and oxygen atoms in total. The molecule has 1 unspecified atom stereocenters. The summed E-state index contributed by atoms with van der Waals surface area (Å²) in [6.45, 7) is 4.55. The fraction of sp³-hybridized carbons (Fsp3) is 0.500. The van der Waals surface area contributed by atoms with E-state index in [0.29, 0.717) is 21.5 Å². The third kappa shape index (κ3) is 2.69. The second-order valence-corrected chi connectivity index (χ2v) is 6.43. The molecule has 1 aliphatic rings. The van der Waals surface area contributed by atoms with Crippen molar-refractivity contribution in [1.82, 2.24) is 0 Å². The molecule has 98 valence electrons. The van der Waals surface area contributed by atoms with Gasteiger partial charge in [0.05, 0.1) is 5.56 Å². The number of hydrogen-bond donors (Lipinski definition) is 2. The van der Waals surface area contributed by atoms with Crippen molar-refractivity contribution in [2.75, 3.05) is 5.32 Å². The van der Waals surface area contributed by atoms with E-state index in [1.54, 1.807) is 6.07 Å². The molecule has 0 saturated heterocycles. The SMILES string of the molecule is CC1(C)CCCC1Nc1ccc(C(=O)O)c(Br)c1. The molecule has 1 atom stereocenters. The van der Waals surface area contributed by atoms with Crippen molar-refractivity contribution in [3.63, 3.8) is 0 Å². The molecule has 4 heteroatoms. The highest BCUT2D eigenvalue weighted by Crippen LogP contribution is 2.39. The van der Waals surface area contributed by atoms with Gasteiger partial charge in [-0.25, -0.2) is 4.79 Å². The number of benzene rings is 1. The summed E-state index contributed by atoms with van der Waals surface area (Å²) in [5.74, 6) is -0.908. The summed E-state index contributed by atoms with van der Waals surface area (Å²) in [6.07, 6.45) is 3.66. The van der Waals surface area contributed by atoms with Gasteiger partial charge in [0.15, 0.2) is 0 Å². The minimum atomic E-state index is -0.908. The van der Waals surface area contributed by atoms with Crippen molar-refractivity contribution in [2.45, 2.75) is 39.2 Å². The summed E-state index contributed by atoms with van der Waals surface area (Å²) >= 11 is 3.30. The van der Waals surface area contributed by atoms with Gasteiger partial charge in [0, 0.05) is 16.2 Å². The first-order chi connectivity index (χ1) is 8.40. The highest BCUT2D eigenvalue weighted by atomic mass is 79.9. The first-order valence-corrected chi connectivity index (χ1v) is 6.99. The molecule has 1 aromatic rings. The lowest BCUT2D eigenvalue weighted by atomic mass is 9.87. The maximum absolute atomic E-state index is 10.9. The minimum Gasteiger partial charge on any atom is -0.478 e. The predicted octanol–water partition coefficient (Wildman–Crippen LogP) is 4.14. The molecule has 18 heavy (non-hydrogen) atoms. The smallest absolute Gasteiger partial charge is 0.336 e. The van der Waals surface area contributed by atoms with Crippen molar-refractivity contribution in [1.29, 1.82) is 0 Å². The van der Waals surface area contributed by atoms with Crippen molar-refractivity contribution >= 4 is 27.6 Å². The Morgan fingerprint density at radius 2 is 2.22 bits per heavy atom. The van der Waals surface area contributed by atoms with Crippen LogP contribution in [0.2, 0.25) is 0 Å². The second-order valence-electron chi connectivity index (χ2n) is 5.58. The van der Waals surface area contributed by atoms with Crippen LogP contribution in [-0.4, -0.2) is 17.1 Å². The third-order valence-corrected chi connectivity index (χ3v) is 4.45. The molecule has 0 spiro atoms. The number of carboxylic acids is 1. The summed E-state index contributed by atoms with van der Waals surface area (Å²) in [5.41, 5.74) is 1.58. The Labute approximate surface area is 116 Å². The van der Waals surface area contributed by atoms with Crippen LogP contribution in [0.3, 0.4) is 0 Å². The molecule has 0 radical (unpaired) electrons. The quantitative estimate of drug-likeness (QED) is 0.882. The van der Waals surface area contributed by atoms with E-state index in [2.05, 4.69) is 35.1 Å². The Morgan fingerprint density at radius 3 is 2.72 bits per heavy atom. The maximum Gasteiger partial charge on any atom is 0.336 e. The number of carboxylic acid groups (broad SMARTS) is 1. The number of nitrogens with one attached hydrogen (secondary N) is 1. The summed E-state index contributed by atoms with van der Waals surface area (Å²) in [5, 5.41) is 12.5. The number of anilines is 1. The zero-order chi connectivity index (χ0) is 13.3. The average Bonchev–Trinajstić information content (AvgIpc) is 2.58. The number of halogens is 1. The van der Waals surface area contributed by atoms with E-state index in [-0.39, 0.29) is 0 Å². The van der Waals surface area contributed by atoms with Gasteiger partial charge in [-0.05, 0) is 52.4 Å². The largest absolute Gasteiger partial charge is 0.478 e. The van der Waals surface area contributed by atoms with Crippen LogP contribution in [0.5, 0.6) is 0 Å². The van der Waals surface area contributed by atoms with Crippen molar-refractivity contribution in [2.24, 2.45) is 5.41 Å². The van der Waals surface area contributed by atoms with Gasteiger partial charge in [0.1, 0.15) is 0 Å². The molecule has 1 fully saturated rings. The lowest BCUT2D eigenvalue weighted by Gasteiger charge is -2.28. The van der Waals surface area contributed by atoms with Crippen LogP contribution >= 0.6 is 15.9 Å². The normalized spacial score (nSPS) is 21.8. The number of hydrogen-bond acceptors (Lipinski definition) is 2. The van der Waals surface area contributed by atoms with Crippen LogP contribution in [0.4, 0.5) is 5.69 Å². The van der Waals surface area contributed by atoms with Gasteiger partial charge < -0.3 is 10.4 Å². The fourth-order valence-electron chi connectivity index (χ4n) is 2.57. The Kier molecular flexibility index (Phi) is 3.66. The van der Waals surface area contributed by atoms with Gasteiger partial charge in [-0.1, -0.05) is 20.3 Å². The van der Waals surface area contributed by atoms with E-state index in [0.717, 1.165) is 5.69 Å². The van der Waals surface area contributed by atoms with Crippen molar-refractivity contribution in [3.8, 4) is 0 Å². The van der Waals surface area contributed by atoms with E-state index in [4.69, 9.17) is 5.11 Å². The van der Waals surface area contributed by atoms with Crippen LogP contribution in [-0.2, 0) is 0 Å². The molecule has 0 aliphatic heterocycles. The highest BCUT2D eigenvalue weighted by Gasteiger charge is 2.34. The second kappa shape index (κ2) is 4.92. The molecular formula is C14H18BrNO2. The van der Waals surface area contributed by atoms with Gasteiger partial charge in [-0.15, -0.1) is 0 Å². The van der Waals surface area contributed by atoms with Gasteiger partial charge >= 0.3 is 5.97 Å². The zero-order valence-electron chi connectivity index (χ0n) is 10.7. The molecule has 0 amide bonds. The van der Waals surface area contributed by atoms with E-state index in [1.807, 2.05) is 12.1 Å². The van der Waals surface area contributed by atoms with Crippen LogP contribution < -0.4 is 5.32 Å². The molecule has 1 aliphatic carbocycles. The average molecular weight is 312 g/mol. The summed E-state index contributed by atoms with van der Waals surface area (Å²) < 4.78 is 0.621. The Morgan fingerprint density at radius 1 is 1.50 bits per heavy atom. The standard InChI is InChI=1S/C14H18BrNO2/c1-14(2)7-3-4-12(14)16-9-5-6-10(13(17)18)11(15)8-9/h5-6,8,12,16H,3-4,7H2,1-2H3,(H,17,18). The Balaban J connectivity index is 2.16. The van der Waals surface area contributed by atoms with E-state index in [9.17, 15) is 4.79 Å². The summed E-state index contributed by atoms with van der Waals surface area (Å²) in [4.78, 5) is 10.9. The van der Waals surface area contributed by atoms with E-state index < -0.39 is 5.97 Å². The van der Waals surface area contributed by atoms with Gasteiger partial charge in [-0.3, -0.25) is 0 Å². The lowest BCUT2D eigenvalue weighted by Crippen LogP contribution is -2.30. The third-order valence-electron chi connectivity index (χ3n) is 3.80. The Bertz CT molecular complexity index is 471. The fourth-order valence-corrected chi connectivity index (χ4v) is 3.12. The molecular weight excluding hydrogens is 294 g/mol. The maximum atomic E-state index is 10.9. The number of carbonyl (C=O) groups is 1. The van der Waals surface area contributed by atoms with Gasteiger partial charge in [-0.2, -0.15) is 0 Å². The lowest BCUT2D eigenvalue weighted by molar-refractivity contribution is 0.0696. The predicted molar refractivity (Wildman–Crippen MR) is 76.1 cm³/mol.